The van der Waals surface area contributed by atoms with Crippen LogP contribution in [0, 0.1) is 6.92 Å². The van der Waals surface area contributed by atoms with Gasteiger partial charge in [0.25, 0.3) is 0 Å². The van der Waals surface area contributed by atoms with Gasteiger partial charge >= 0.3 is 5.63 Å². The third-order valence-electron chi connectivity index (χ3n) is 5.97. The molecule has 1 aliphatic heterocycles. The lowest BCUT2D eigenvalue weighted by Crippen LogP contribution is -2.30. The van der Waals surface area contributed by atoms with E-state index in [2.05, 4.69) is 4.90 Å². The van der Waals surface area contributed by atoms with Crippen molar-refractivity contribution in [2.75, 3.05) is 24.5 Å². The molecule has 0 fully saturated rings. The van der Waals surface area contributed by atoms with Crippen molar-refractivity contribution in [2.45, 2.75) is 38.6 Å². The predicted octanol–water partition coefficient (Wildman–Crippen LogP) is 3.40. The minimum absolute atomic E-state index is 0.0845. The molecule has 164 valence electrons. The maximum absolute atomic E-state index is 12.9. The molecule has 0 aliphatic carbocycles. The van der Waals surface area contributed by atoms with Crippen molar-refractivity contribution in [3.05, 3.63) is 63.5 Å². The number of hydrogen-bond acceptors (Lipinski definition) is 6. The largest absolute Gasteiger partial charge is 0.508 e. The van der Waals surface area contributed by atoms with Crippen LogP contribution in [0.2, 0.25) is 0 Å². The average molecular weight is 443 g/mol. The van der Waals surface area contributed by atoms with Gasteiger partial charge in [-0.1, -0.05) is 13.8 Å². The number of rotatable bonds is 6. The summed E-state index contributed by atoms with van der Waals surface area (Å²) in [5.74, 6) is 0.0845. The smallest absolute Gasteiger partial charge is 0.336 e. The maximum Gasteiger partial charge on any atom is 0.336 e. The van der Waals surface area contributed by atoms with Gasteiger partial charge in [0.15, 0.2) is 0 Å². The zero-order valence-electron chi connectivity index (χ0n) is 17.9. The van der Waals surface area contributed by atoms with Gasteiger partial charge < -0.3 is 14.4 Å². The molecule has 2 aromatic carbocycles. The number of nitrogens with zero attached hydrogens (tertiary/aromatic N) is 2. The highest BCUT2D eigenvalue weighted by Crippen LogP contribution is 2.34. The molecule has 7 nitrogen and oxygen atoms in total. The Bertz CT molecular complexity index is 1310. The van der Waals surface area contributed by atoms with Crippen molar-refractivity contribution in [1.82, 2.24) is 4.31 Å². The fourth-order valence-corrected chi connectivity index (χ4v) is 5.75. The van der Waals surface area contributed by atoms with E-state index in [9.17, 15) is 18.3 Å². The second-order valence-corrected chi connectivity index (χ2v) is 9.67. The first-order valence-corrected chi connectivity index (χ1v) is 11.8. The lowest BCUT2D eigenvalue weighted by atomic mass is 10.1. The summed E-state index contributed by atoms with van der Waals surface area (Å²) in [6, 6.07) is 10.1. The molecular formula is C23H26N2O5S. The molecule has 1 N–H and O–H groups in total. The zero-order valence-corrected chi connectivity index (χ0v) is 18.7. The topological polar surface area (TPSA) is 91.1 Å². The Kier molecular flexibility index (Phi) is 5.53. The van der Waals surface area contributed by atoms with E-state index >= 15 is 0 Å². The number of anilines is 1. The minimum Gasteiger partial charge on any atom is -0.508 e. The first-order chi connectivity index (χ1) is 14.8. The lowest BCUT2D eigenvalue weighted by molar-refractivity contribution is 0.445. The molecule has 1 aliphatic rings. The average Bonchev–Trinajstić information content (AvgIpc) is 3.14. The maximum atomic E-state index is 12.9. The second kappa shape index (κ2) is 8.01. The van der Waals surface area contributed by atoms with Crippen LogP contribution < -0.4 is 10.5 Å². The zero-order chi connectivity index (χ0) is 22.3. The standard InChI is InChI=1S/C23H26N2O5S/c1-4-25(5-2)31(28,29)18-6-8-20-16(12-18)10-11-24(20)14-17-13-22(27)30-23-15(3)21(26)9-7-19(17)23/h6-9,12-13,26H,4-5,10-11,14H2,1-3H3. The molecule has 1 aromatic heterocycles. The molecule has 0 saturated carbocycles. The summed E-state index contributed by atoms with van der Waals surface area (Å²) in [5.41, 5.74) is 3.22. The van der Waals surface area contributed by atoms with Crippen molar-refractivity contribution >= 4 is 26.7 Å². The summed E-state index contributed by atoms with van der Waals surface area (Å²) < 4.78 is 32.5. The Labute approximate surface area is 181 Å². The summed E-state index contributed by atoms with van der Waals surface area (Å²) in [4.78, 5) is 14.6. The van der Waals surface area contributed by atoms with Crippen LogP contribution in [0.4, 0.5) is 5.69 Å². The summed E-state index contributed by atoms with van der Waals surface area (Å²) in [6.45, 7) is 7.45. The van der Waals surface area contributed by atoms with Gasteiger partial charge in [0.1, 0.15) is 11.3 Å². The minimum atomic E-state index is -3.51. The van der Waals surface area contributed by atoms with Crippen LogP contribution in [-0.4, -0.2) is 37.5 Å². The van der Waals surface area contributed by atoms with E-state index in [-0.39, 0.29) is 5.75 Å². The third kappa shape index (κ3) is 3.70. The van der Waals surface area contributed by atoms with Crippen molar-refractivity contribution in [3.8, 4) is 5.75 Å². The molecule has 0 bridgehead atoms. The van der Waals surface area contributed by atoms with Crippen LogP contribution in [0.1, 0.15) is 30.5 Å². The highest BCUT2D eigenvalue weighted by atomic mass is 32.2. The van der Waals surface area contributed by atoms with Gasteiger partial charge in [-0.15, -0.1) is 0 Å². The fraction of sp³-hybridized carbons (Fsp3) is 0.348. The van der Waals surface area contributed by atoms with Crippen LogP contribution in [0.15, 0.2) is 50.5 Å². The molecule has 0 radical (unpaired) electrons. The highest BCUT2D eigenvalue weighted by Gasteiger charge is 2.26. The van der Waals surface area contributed by atoms with Gasteiger partial charge in [-0.25, -0.2) is 13.2 Å². The number of fused-ring (bicyclic) bond motifs is 2. The lowest BCUT2D eigenvalue weighted by Gasteiger charge is -2.22. The number of phenols is 1. The Balaban J connectivity index is 1.69. The predicted molar refractivity (Wildman–Crippen MR) is 120 cm³/mol. The van der Waals surface area contributed by atoms with Gasteiger partial charge in [0.05, 0.1) is 4.90 Å². The first kappa shape index (κ1) is 21.4. The molecule has 0 saturated heterocycles. The summed E-state index contributed by atoms with van der Waals surface area (Å²) in [6.07, 6.45) is 0.732. The van der Waals surface area contributed by atoms with Crippen molar-refractivity contribution in [2.24, 2.45) is 0 Å². The summed E-state index contributed by atoms with van der Waals surface area (Å²) >= 11 is 0. The van der Waals surface area contributed by atoms with E-state index in [1.54, 1.807) is 31.2 Å². The van der Waals surface area contributed by atoms with E-state index in [1.807, 2.05) is 19.9 Å². The van der Waals surface area contributed by atoms with Gasteiger partial charge in [0, 0.05) is 48.9 Å². The number of aryl methyl sites for hydroxylation is 1. The van der Waals surface area contributed by atoms with Crippen molar-refractivity contribution in [3.63, 3.8) is 0 Å². The summed E-state index contributed by atoms with van der Waals surface area (Å²) in [5, 5.41) is 10.7. The molecule has 8 heteroatoms. The van der Waals surface area contributed by atoms with E-state index < -0.39 is 15.6 Å². The van der Waals surface area contributed by atoms with Crippen LogP contribution >= 0.6 is 0 Å². The number of hydrogen-bond donors (Lipinski definition) is 1. The molecule has 3 aromatic rings. The molecule has 0 atom stereocenters. The van der Waals surface area contributed by atoms with Crippen LogP contribution in [0.25, 0.3) is 11.0 Å². The number of sulfonamides is 1. The first-order valence-electron chi connectivity index (χ1n) is 10.4. The molecule has 4 rings (SSSR count). The summed E-state index contributed by atoms with van der Waals surface area (Å²) in [7, 11) is -3.51. The van der Waals surface area contributed by atoms with Gasteiger partial charge in [-0.05, 0) is 54.8 Å². The third-order valence-corrected chi connectivity index (χ3v) is 8.01. The Morgan fingerprint density at radius 3 is 2.58 bits per heavy atom. The molecule has 31 heavy (non-hydrogen) atoms. The number of phenolic OH excluding ortho intramolecular Hbond substituents is 1. The normalized spacial score (nSPS) is 13.9. The van der Waals surface area contributed by atoms with Gasteiger partial charge in [0.2, 0.25) is 10.0 Å². The van der Waals surface area contributed by atoms with Crippen molar-refractivity contribution in [1.29, 1.82) is 0 Å². The van der Waals surface area contributed by atoms with Crippen LogP contribution in [-0.2, 0) is 23.0 Å². The van der Waals surface area contributed by atoms with Crippen molar-refractivity contribution < 1.29 is 17.9 Å². The van der Waals surface area contributed by atoms with E-state index in [0.717, 1.165) is 35.2 Å². The Hall–Kier alpha value is -2.84. The van der Waals surface area contributed by atoms with Gasteiger partial charge in [-0.2, -0.15) is 4.31 Å². The quantitative estimate of drug-likeness (QED) is 0.589. The molecular weight excluding hydrogens is 416 g/mol. The van der Waals surface area contributed by atoms with Gasteiger partial charge in [-0.3, -0.25) is 0 Å². The highest BCUT2D eigenvalue weighted by molar-refractivity contribution is 7.89. The second-order valence-electron chi connectivity index (χ2n) is 7.73. The van der Waals surface area contributed by atoms with Crippen LogP contribution in [0.3, 0.4) is 0 Å². The fourth-order valence-electron chi connectivity index (χ4n) is 4.24. The molecule has 0 amide bonds. The van der Waals surface area contributed by atoms with Crippen LogP contribution in [0.5, 0.6) is 5.75 Å². The van der Waals surface area contributed by atoms with E-state index in [1.165, 1.54) is 10.4 Å². The Morgan fingerprint density at radius 2 is 1.87 bits per heavy atom. The van der Waals surface area contributed by atoms with E-state index in [0.29, 0.717) is 35.7 Å². The number of benzene rings is 2. The number of aromatic hydroxyl groups is 1. The Morgan fingerprint density at radius 1 is 1.13 bits per heavy atom. The SMILES string of the molecule is CCN(CC)S(=O)(=O)c1ccc2c(c1)CCN2Cc1cc(=O)oc2c(C)c(O)ccc12. The molecule has 0 spiro atoms. The monoisotopic (exact) mass is 442 g/mol. The molecule has 0 unspecified atom stereocenters. The molecule has 2 heterocycles. The van der Waals surface area contributed by atoms with E-state index in [4.69, 9.17) is 4.42 Å².